The smallest absolute Gasteiger partial charge is 0.332 e. The lowest BCUT2D eigenvalue weighted by Crippen LogP contribution is -2.58. The number of para-hydroxylation sites is 10. The predicted octanol–water partition coefficient (Wildman–Crippen LogP) is 16.2. The van der Waals surface area contributed by atoms with E-state index in [4.69, 9.17) is 0 Å². The fourth-order valence-electron chi connectivity index (χ4n) is 16.7. The second-order valence-corrected chi connectivity index (χ2v) is 23.8. The number of hydrogen-bond acceptors (Lipinski definition) is 0. The monoisotopic (exact) mass is 1090 g/mol. The summed E-state index contributed by atoms with van der Waals surface area (Å²) in [5, 5.41) is 15.1. The molecule has 0 unspecified atom stereocenters. The van der Waals surface area contributed by atoms with Crippen LogP contribution < -0.4 is 21.9 Å². The maximum absolute atomic E-state index is 2.70. The lowest BCUT2D eigenvalue weighted by Gasteiger charge is -2.34. The summed E-state index contributed by atoms with van der Waals surface area (Å²) >= 11 is 0. The average molecular weight is 1090 g/mol. The van der Waals surface area contributed by atoms with Crippen LogP contribution in [0, 0.1) is 0 Å². The van der Waals surface area contributed by atoms with Gasteiger partial charge in [-0.25, -0.2) is 0 Å². The molecule has 0 aliphatic carbocycles. The van der Waals surface area contributed by atoms with Gasteiger partial charge in [-0.2, -0.15) is 0 Å². The van der Waals surface area contributed by atoms with Gasteiger partial charge in [0.2, 0.25) is 0 Å². The lowest BCUT2D eigenvalue weighted by molar-refractivity contribution is 1.14. The van der Waals surface area contributed by atoms with Gasteiger partial charge in [-0.3, -0.25) is 0 Å². The Morgan fingerprint density at radius 1 is 0.198 bits per heavy atom. The van der Waals surface area contributed by atoms with E-state index in [1.54, 1.807) is 0 Å². The van der Waals surface area contributed by atoms with Crippen molar-refractivity contribution in [3.05, 3.63) is 279 Å². The van der Waals surface area contributed by atoms with Crippen molar-refractivity contribution in [1.29, 1.82) is 0 Å². The average Bonchev–Trinajstić information content (AvgIpc) is 1.54. The van der Waals surface area contributed by atoms with Crippen molar-refractivity contribution >= 4 is 166 Å². The van der Waals surface area contributed by atoms with Gasteiger partial charge in [0.1, 0.15) is 0 Å². The van der Waals surface area contributed by atoms with Gasteiger partial charge in [0, 0.05) is 109 Å². The Morgan fingerprint density at radius 3 is 0.826 bits per heavy atom. The first kappa shape index (κ1) is 45.3. The van der Waals surface area contributed by atoms with Crippen molar-refractivity contribution in [3.63, 3.8) is 0 Å². The van der Waals surface area contributed by atoms with E-state index in [9.17, 15) is 0 Å². The van der Waals surface area contributed by atoms with Crippen molar-refractivity contribution in [3.8, 4) is 22.7 Å². The molecule has 13 aromatic carbocycles. The molecule has 8 heteroatoms. The Labute approximate surface area is 492 Å². The van der Waals surface area contributed by atoms with Crippen LogP contribution in [0.1, 0.15) is 0 Å². The lowest BCUT2D eigenvalue weighted by atomic mass is 9.43. The Kier molecular flexibility index (Phi) is 8.60. The summed E-state index contributed by atoms with van der Waals surface area (Å²) in [5.74, 6) is 0. The van der Waals surface area contributed by atoms with Crippen LogP contribution in [-0.2, 0) is 0 Å². The predicted molar refractivity (Wildman–Crippen MR) is 364 cm³/mol. The summed E-state index contributed by atoms with van der Waals surface area (Å²) in [6.07, 6.45) is 0. The zero-order valence-electron chi connectivity index (χ0n) is 46.4. The van der Waals surface area contributed by atoms with Crippen LogP contribution in [0.25, 0.3) is 154 Å². The molecule has 21 rings (SSSR count). The Balaban J connectivity index is 0.999. The first-order chi connectivity index (χ1) is 42.8. The van der Waals surface area contributed by atoms with Gasteiger partial charge < -0.3 is 27.2 Å². The van der Waals surface area contributed by atoms with Crippen molar-refractivity contribution in [2.24, 2.45) is 0 Å². The van der Waals surface area contributed by atoms with E-state index in [1.807, 2.05) is 0 Å². The third-order valence-corrected chi connectivity index (χ3v) is 19.8. The van der Waals surface area contributed by atoms with E-state index in [1.165, 1.54) is 164 Å². The minimum Gasteiger partial charge on any atom is -0.376 e. The standard InChI is InChI=1S/C78H46B2N6/c1-3-23-47(24-4-1)81-61-35-15-11-31-53(61)73-71(81)44-59-77-75(73)55-33-13-17-37-63(55)83(77)69-46-70-58(43-57(69)79(59)85-65-39-19-7-27-49(65)50-28-8-20-40-66(50)85)80(86-67-41-21-9-29-51(67)52-30-10-22-42-68(52)86)60-45-72-74(76-56-34-14-18-38-64(56)84(70)78(60)76)54-32-12-16-36-62(54)82(72)48-25-5-2-6-26-48/h1-46H. The Bertz CT molecular complexity index is 5750. The molecule has 2 aliphatic heterocycles. The van der Waals surface area contributed by atoms with Crippen molar-refractivity contribution in [2.45, 2.75) is 0 Å². The molecule has 0 atom stereocenters. The highest BCUT2D eigenvalue weighted by atomic mass is 15.1. The molecule has 19 aromatic rings. The van der Waals surface area contributed by atoms with Crippen LogP contribution in [0.4, 0.5) is 0 Å². The summed E-state index contributed by atoms with van der Waals surface area (Å²) in [7, 11) is 0. The zero-order chi connectivity index (χ0) is 55.6. The molecular formula is C78H46B2N6. The topological polar surface area (TPSA) is 29.6 Å². The first-order valence-corrected chi connectivity index (χ1v) is 30.0. The number of benzene rings is 13. The summed E-state index contributed by atoms with van der Waals surface area (Å²) < 4.78 is 15.8. The second kappa shape index (κ2) is 16.3. The molecule has 0 N–H and O–H groups in total. The maximum Gasteiger partial charge on any atom is 0.332 e. The van der Waals surface area contributed by atoms with Gasteiger partial charge >= 0.3 is 13.7 Å². The van der Waals surface area contributed by atoms with Crippen molar-refractivity contribution < 1.29 is 0 Å². The minimum absolute atomic E-state index is 0.268. The van der Waals surface area contributed by atoms with Crippen LogP contribution in [0.15, 0.2) is 279 Å². The highest BCUT2D eigenvalue weighted by Crippen LogP contribution is 2.47. The van der Waals surface area contributed by atoms with E-state index in [0.717, 1.165) is 11.4 Å². The van der Waals surface area contributed by atoms with E-state index in [2.05, 4.69) is 306 Å². The highest BCUT2D eigenvalue weighted by Gasteiger charge is 2.43. The van der Waals surface area contributed by atoms with Crippen LogP contribution in [0.2, 0.25) is 0 Å². The van der Waals surface area contributed by atoms with E-state index in [-0.39, 0.29) is 13.7 Å². The van der Waals surface area contributed by atoms with Gasteiger partial charge in [-0.05, 0) is 113 Å². The molecular weight excluding hydrogens is 1040 g/mol. The van der Waals surface area contributed by atoms with E-state index >= 15 is 0 Å². The van der Waals surface area contributed by atoms with Gasteiger partial charge in [0.05, 0.1) is 44.1 Å². The summed E-state index contributed by atoms with van der Waals surface area (Å²) in [4.78, 5) is 0. The molecule has 86 heavy (non-hydrogen) atoms. The van der Waals surface area contributed by atoms with Gasteiger partial charge in [-0.15, -0.1) is 0 Å². The molecule has 2 aliphatic rings. The van der Waals surface area contributed by atoms with Gasteiger partial charge in [0.15, 0.2) is 0 Å². The Morgan fingerprint density at radius 2 is 0.477 bits per heavy atom. The SMILES string of the molecule is c1ccc(-n2c3ccccc3c3c4c5ccccc5n5c4c(cc32)B(n2c3ccccc3c3ccccc32)c2cc3c(cc2-5)-n2c4ccccc4c4c5c6ccccc6n(-c6ccccc6)c5cc(c42)B3n2c3ccccc3c3ccccc32)cc1. The van der Waals surface area contributed by atoms with Gasteiger partial charge in [0.25, 0.3) is 0 Å². The quantitative estimate of drug-likeness (QED) is 0.157. The summed E-state index contributed by atoms with van der Waals surface area (Å²) in [5.41, 5.74) is 24.3. The fourth-order valence-corrected chi connectivity index (χ4v) is 16.7. The molecule has 0 saturated carbocycles. The largest absolute Gasteiger partial charge is 0.376 e. The number of hydrogen-bond donors (Lipinski definition) is 0. The Hall–Kier alpha value is -11.2. The molecule has 394 valence electrons. The van der Waals surface area contributed by atoms with Crippen molar-refractivity contribution in [1.82, 2.24) is 27.2 Å². The third kappa shape index (κ3) is 5.52. The molecule has 6 nitrogen and oxygen atoms in total. The molecule has 0 saturated heterocycles. The number of rotatable bonds is 4. The summed E-state index contributed by atoms with van der Waals surface area (Å²) in [6, 6.07) is 105. The normalized spacial score (nSPS) is 13.1. The molecule has 8 heterocycles. The molecule has 0 radical (unpaired) electrons. The molecule has 0 spiro atoms. The molecule has 0 bridgehead atoms. The molecule has 0 amide bonds. The summed E-state index contributed by atoms with van der Waals surface area (Å²) in [6.45, 7) is -0.536. The van der Waals surface area contributed by atoms with Crippen LogP contribution in [0.5, 0.6) is 0 Å². The second-order valence-electron chi connectivity index (χ2n) is 23.8. The first-order valence-electron chi connectivity index (χ1n) is 30.0. The van der Waals surface area contributed by atoms with Crippen LogP contribution in [0.3, 0.4) is 0 Å². The number of aromatic nitrogens is 6. The van der Waals surface area contributed by atoms with Crippen LogP contribution in [-0.4, -0.2) is 40.9 Å². The molecule has 6 aromatic heterocycles. The zero-order valence-corrected chi connectivity index (χ0v) is 46.4. The number of fused-ring (bicyclic) bond motifs is 24. The minimum atomic E-state index is -0.268. The fraction of sp³-hybridized carbons (Fsp3) is 0. The van der Waals surface area contributed by atoms with Crippen LogP contribution >= 0.6 is 0 Å². The number of nitrogens with zero attached hydrogens (tertiary/aromatic N) is 6. The van der Waals surface area contributed by atoms with E-state index < -0.39 is 0 Å². The highest BCUT2D eigenvalue weighted by molar-refractivity contribution is 6.92. The maximum atomic E-state index is 2.70. The van der Waals surface area contributed by atoms with Gasteiger partial charge in [-0.1, -0.05) is 188 Å². The van der Waals surface area contributed by atoms with E-state index in [0.29, 0.717) is 0 Å². The third-order valence-electron chi connectivity index (χ3n) is 19.8. The molecule has 0 fully saturated rings. The van der Waals surface area contributed by atoms with Crippen molar-refractivity contribution in [2.75, 3.05) is 0 Å².